The number of phenolic OH excluding ortho intramolecular Hbond substituents is 1. The topological polar surface area (TPSA) is 50.7 Å². The number of hydrogen-bond acceptors (Lipinski definition) is 5. The molecule has 0 amide bonds. The van der Waals surface area contributed by atoms with Crippen molar-refractivity contribution in [1.29, 1.82) is 0 Å². The maximum Gasteiger partial charge on any atom is 0.200 e. The zero-order valence-electron chi connectivity index (χ0n) is 12.6. The third kappa shape index (κ3) is 3.13. The van der Waals surface area contributed by atoms with E-state index >= 15 is 0 Å². The van der Waals surface area contributed by atoms with E-state index in [0.717, 1.165) is 21.1 Å². The van der Waals surface area contributed by atoms with Gasteiger partial charge in [0.2, 0.25) is 5.75 Å². The summed E-state index contributed by atoms with van der Waals surface area (Å²) in [7, 11) is 3.01. The fourth-order valence-electron chi connectivity index (χ4n) is 2.25. The van der Waals surface area contributed by atoms with Crippen LogP contribution in [0.5, 0.6) is 17.2 Å². The minimum absolute atomic E-state index is 0.0144. The lowest BCUT2D eigenvalue weighted by atomic mass is 10.1. The molecule has 4 nitrogen and oxygen atoms in total. The summed E-state index contributed by atoms with van der Waals surface area (Å²) < 4.78 is 10.4. The first-order chi connectivity index (χ1) is 11.1. The highest BCUT2D eigenvalue weighted by molar-refractivity contribution is 8.05. The molecule has 2 N–H and O–H groups in total. The molecule has 1 aliphatic rings. The van der Waals surface area contributed by atoms with Crippen molar-refractivity contribution in [1.82, 2.24) is 0 Å². The molecule has 0 atom stereocenters. The van der Waals surface area contributed by atoms with Crippen LogP contribution in [0.1, 0.15) is 5.56 Å². The van der Waals surface area contributed by atoms with Crippen LogP contribution in [0, 0.1) is 0 Å². The van der Waals surface area contributed by atoms with Gasteiger partial charge in [-0.05, 0) is 35.9 Å². The molecule has 1 heterocycles. The van der Waals surface area contributed by atoms with Crippen molar-refractivity contribution in [2.75, 3.05) is 19.5 Å². The minimum Gasteiger partial charge on any atom is -0.502 e. The molecule has 23 heavy (non-hydrogen) atoms. The second-order valence-electron chi connectivity index (χ2n) is 4.83. The number of fused-ring (bicyclic) bond motifs is 1. The van der Waals surface area contributed by atoms with E-state index in [0.29, 0.717) is 16.5 Å². The Bertz CT molecular complexity index is 777. The van der Waals surface area contributed by atoms with Gasteiger partial charge in [0.1, 0.15) is 4.99 Å². The quantitative estimate of drug-likeness (QED) is 0.639. The first-order valence-corrected chi connectivity index (χ1v) is 8.09. The number of rotatable bonds is 3. The summed E-state index contributed by atoms with van der Waals surface area (Å²) in [6.45, 7) is 0. The molecule has 0 unspecified atom stereocenters. The van der Waals surface area contributed by atoms with E-state index < -0.39 is 0 Å². The van der Waals surface area contributed by atoms with Gasteiger partial charge < -0.3 is 19.9 Å². The molecule has 2 aromatic carbocycles. The highest BCUT2D eigenvalue weighted by Crippen LogP contribution is 2.41. The third-order valence-electron chi connectivity index (χ3n) is 3.38. The molecule has 1 aliphatic heterocycles. The Morgan fingerprint density at radius 2 is 1.78 bits per heavy atom. The molecule has 0 fully saturated rings. The van der Waals surface area contributed by atoms with Crippen LogP contribution in [0.25, 0.3) is 6.08 Å². The van der Waals surface area contributed by atoms with Gasteiger partial charge in [0.15, 0.2) is 11.5 Å². The molecule has 0 spiro atoms. The molecule has 118 valence electrons. The van der Waals surface area contributed by atoms with Crippen LogP contribution in [0.4, 0.5) is 5.69 Å². The van der Waals surface area contributed by atoms with Gasteiger partial charge in [-0.3, -0.25) is 0 Å². The number of thioether (sulfide) groups is 1. The van der Waals surface area contributed by atoms with E-state index in [2.05, 4.69) is 5.32 Å². The first-order valence-electron chi connectivity index (χ1n) is 6.87. The predicted molar refractivity (Wildman–Crippen MR) is 97.7 cm³/mol. The Hall–Kier alpha value is -2.18. The van der Waals surface area contributed by atoms with E-state index in [9.17, 15) is 5.11 Å². The molecule has 2 aromatic rings. The number of phenols is 1. The van der Waals surface area contributed by atoms with Crippen molar-refractivity contribution in [3.8, 4) is 17.2 Å². The van der Waals surface area contributed by atoms with Crippen molar-refractivity contribution < 1.29 is 14.6 Å². The Kier molecular flexibility index (Phi) is 4.45. The number of para-hydroxylation sites is 1. The lowest BCUT2D eigenvalue weighted by Gasteiger charge is -2.20. The number of benzene rings is 2. The van der Waals surface area contributed by atoms with Crippen LogP contribution in [0.15, 0.2) is 46.2 Å². The average Bonchev–Trinajstić information content (AvgIpc) is 2.56. The van der Waals surface area contributed by atoms with Crippen LogP contribution >= 0.6 is 24.0 Å². The van der Waals surface area contributed by atoms with Gasteiger partial charge >= 0.3 is 0 Å². The van der Waals surface area contributed by atoms with E-state index in [1.54, 1.807) is 23.9 Å². The van der Waals surface area contributed by atoms with Crippen LogP contribution in [-0.2, 0) is 0 Å². The number of hydrogen-bond donors (Lipinski definition) is 2. The van der Waals surface area contributed by atoms with E-state index in [1.165, 1.54) is 14.2 Å². The summed E-state index contributed by atoms with van der Waals surface area (Å²) in [6.07, 6.45) is 1.94. The molecule has 6 heteroatoms. The summed E-state index contributed by atoms with van der Waals surface area (Å²) in [5.41, 5.74) is 1.85. The number of ether oxygens (including phenoxy) is 2. The van der Waals surface area contributed by atoms with E-state index in [1.807, 2.05) is 30.3 Å². The van der Waals surface area contributed by atoms with Gasteiger partial charge in [0.05, 0.1) is 19.9 Å². The fraction of sp³-hybridized carbons (Fsp3) is 0.118. The number of nitrogens with one attached hydrogen (secondary N) is 1. The molecule has 3 rings (SSSR count). The smallest absolute Gasteiger partial charge is 0.200 e. The van der Waals surface area contributed by atoms with Gasteiger partial charge in [-0.2, -0.15) is 0 Å². The van der Waals surface area contributed by atoms with Crippen LogP contribution < -0.4 is 14.8 Å². The first kappa shape index (κ1) is 15.7. The second-order valence-corrected chi connectivity index (χ2v) is 6.33. The zero-order valence-corrected chi connectivity index (χ0v) is 14.3. The minimum atomic E-state index is -0.0144. The number of anilines is 1. The number of aromatic hydroxyl groups is 1. The molecular formula is C17H15NO3S2. The molecule has 0 aromatic heterocycles. The third-order valence-corrected chi connectivity index (χ3v) is 4.95. The summed E-state index contributed by atoms with van der Waals surface area (Å²) in [5.74, 6) is 0.701. The summed E-state index contributed by atoms with van der Waals surface area (Å²) >= 11 is 7.04. The van der Waals surface area contributed by atoms with Crippen molar-refractivity contribution >= 4 is 40.7 Å². The lowest BCUT2D eigenvalue weighted by Crippen LogP contribution is -2.14. The predicted octanol–water partition coefficient (Wildman–Crippen LogP) is 4.30. The van der Waals surface area contributed by atoms with E-state index in [-0.39, 0.29) is 5.75 Å². The summed E-state index contributed by atoms with van der Waals surface area (Å²) in [4.78, 5) is 2.71. The van der Waals surface area contributed by atoms with Gasteiger partial charge in [-0.1, -0.05) is 36.1 Å². The van der Waals surface area contributed by atoms with Gasteiger partial charge in [-0.25, -0.2) is 0 Å². The molecule has 0 saturated heterocycles. The van der Waals surface area contributed by atoms with Crippen molar-refractivity contribution in [2.24, 2.45) is 0 Å². The van der Waals surface area contributed by atoms with Gasteiger partial charge in [-0.15, -0.1) is 0 Å². The Morgan fingerprint density at radius 1 is 1.13 bits per heavy atom. The maximum atomic E-state index is 9.99. The lowest BCUT2D eigenvalue weighted by molar-refractivity contribution is 0.340. The van der Waals surface area contributed by atoms with Crippen LogP contribution in [0.3, 0.4) is 0 Å². The van der Waals surface area contributed by atoms with Crippen molar-refractivity contribution in [3.05, 3.63) is 46.9 Å². The summed E-state index contributed by atoms with van der Waals surface area (Å²) in [5, 5.41) is 13.2. The SMILES string of the molecule is COc1cc(/C=C2\Sc3ccccc3NC2=S)cc(OC)c1O. The largest absolute Gasteiger partial charge is 0.502 e. The summed E-state index contributed by atoms with van der Waals surface area (Å²) in [6, 6.07) is 11.5. The van der Waals surface area contributed by atoms with E-state index in [4.69, 9.17) is 21.7 Å². The molecule has 0 aliphatic carbocycles. The standard InChI is InChI=1S/C17H15NO3S2/c1-20-12-7-10(8-13(21-2)16(12)19)9-15-17(22)18-11-5-3-4-6-14(11)23-15/h3-9,19H,1-2H3,(H,18,22)/b15-9-. The normalized spacial score (nSPS) is 15.0. The van der Waals surface area contributed by atoms with Gasteiger partial charge in [0, 0.05) is 9.80 Å². The highest BCUT2D eigenvalue weighted by atomic mass is 32.2. The molecular weight excluding hydrogens is 330 g/mol. The Morgan fingerprint density at radius 3 is 2.43 bits per heavy atom. The Labute approximate surface area is 144 Å². The van der Waals surface area contributed by atoms with Gasteiger partial charge in [0.25, 0.3) is 0 Å². The Balaban J connectivity index is 2.00. The molecule has 0 radical (unpaired) electrons. The zero-order chi connectivity index (χ0) is 16.4. The number of methoxy groups -OCH3 is 2. The molecule has 0 saturated carbocycles. The van der Waals surface area contributed by atoms with Crippen LogP contribution in [-0.4, -0.2) is 24.3 Å². The monoisotopic (exact) mass is 345 g/mol. The van der Waals surface area contributed by atoms with Crippen molar-refractivity contribution in [3.63, 3.8) is 0 Å². The van der Waals surface area contributed by atoms with Crippen molar-refractivity contribution in [2.45, 2.75) is 4.90 Å². The fourth-order valence-corrected chi connectivity index (χ4v) is 3.50. The average molecular weight is 345 g/mol. The number of thiocarbonyl (C=S) groups is 1. The molecule has 0 bridgehead atoms. The highest BCUT2D eigenvalue weighted by Gasteiger charge is 2.18. The second kappa shape index (κ2) is 6.52. The van der Waals surface area contributed by atoms with Crippen LogP contribution in [0.2, 0.25) is 0 Å². The maximum absolute atomic E-state index is 9.99.